The Kier molecular flexibility index (Phi) is 2.00. The number of ether oxygens (including phenoxy) is 1. The summed E-state index contributed by atoms with van der Waals surface area (Å²) in [6.45, 7) is -0.700. The Morgan fingerprint density at radius 1 is 1.56 bits per heavy atom. The first kappa shape index (κ1) is 6.92. The third kappa shape index (κ3) is 1.20. The van der Waals surface area contributed by atoms with E-state index in [9.17, 15) is 4.39 Å². The van der Waals surface area contributed by atoms with Crippen molar-refractivity contribution in [2.75, 3.05) is 13.3 Å². The normalized spacial score (nSPS) is 43.7. The van der Waals surface area contributed by atoms with Crippen LogP contribution in [0, 0.1) is 0 Å². The highest BCUT2D eigenvalue weighted by atomic mass is 19.1. The molecule has 0 aromatic heterocycles. The van der Waals surface area contributed by atoms with Gasteiger partial charge in [0, 0.05) is 0 Å². The molecule has 1 fully saturated rings. The summed E-state index contributed by atoms with van der Waals surface area (Å²) in [6.07, 6.45) is -2.78. The van der Waals surface area contributed by atoms with Crippen molar-refractivity contribution in [3.8, 4) is 0 Å². The molecule has 0 aromatic carbocycles. The number of hydrogen-bond acceptors (Lipinski definition) is 3. The van der Waals surface area contributed by atoms with Gasteiger partial charge < -0.3 is 14.9 Å². The molecule has 54 valence electrons. The van der Waals surface area contributed by atoms with E-state index in [1.165, 1.54) is 0 Å². The van der Waals surface area contributed by atoms with E-state index < -0.39 is 25.0 Å². The van der Waals surface area contributed by atoms with Crippen molar-refractivity contribution >= 4 is 0 Å². The molecule has 4 heteroatoms. The highest BCUT2D eigenvalue weighted by molar-refractivity contribution is 4.82. The first-order valence-corrected chi connectivity index (χ1v) is 2.79. The summed E-state index contributed by atoms with van der Waals surface area (Å²) in [5, 5.41) is 17.6. The van der Waals surface area contributed by atoms with Crippen molar-refractivity contribution in [2.45, 2.75) is 18.3 Å². The fraction of sp³-hybridized carbons (Fsp3) is 1.00. The molecule has 0 radical (unpaired) electrons. The van der Waals surface area contributed by atoms with Gasteiger partial charge in [0.15, 0.2) is 0 Å². The maximum Gasteiger partial charge on any atom is 0.118 e. The lowest BCUT2D eigenvalue weighted by molar-refractivity contribution is 0.0117. The number of halogens is 1. The van der Waals surface area contributed by atoms with Crippen LogP contribution in [0.1, 0.15) is 0 Å². The van der Waals surface area contributed by atoms with Crippen LogP contribution in [0.25, 0.3) is 0 Å². The van der Waals surface area contributed by atoms with Gasteiger partial charge in [0.25, 0.3) is 0 Å². The molecule has 0 spiro atoms. The number of aliphatic hydroxyl groups is 2. The second-order valence-electron chi connectivity index (χ2n) is 2.08. The first-order valence-electron chi connectivity index (χ1n) is 2.79. The molecule has 1 rings (SSSR count). The van der Waals surface area contributed by atoms with Gasteiger partial charge in [-0.15, -0.1) is 0 Å². The third-order valence-electron chi connectivity index (χ3n) is 1.41. The molecule has 1 aliphatic rings. The maximum absolute atomic E-state index is 11.7. The summed E-state index contributed by atoms with van der Waals surface area (Å²) >= 11 is 0. The molecule has 2 N–H and O–H groups in total. The summed E-state index contributed by atoms with van der Waals surface area (Å²) in [5.41, 5.74) is 0. The number of hydrogen-bond donors (Lipinski definition) is 2. The van der Waals surface area contributed by atoms with Gasteiger partial charge in [0.1, 0.15) is 25.0 Å². The van der Waals surface area contributed by atoms with E-state index in [0.717, 1.165) is 0 Å². The lowest BCUT2D eigenvalue weighted by Gasteiger charge is -2.09. The summed E-state index contributed by atoms with van der Waals surface area (Å²) in [6, 6.07) is 0. The van der Waals surface area contributed by atoms with Crippen molar-refractivity contribution < 1.29 is 19.3 Å². The zero-order valence-electron chi connectivity index (χ0n) is 4.83. The summed E-state index contributed by atoms with van der Waals surface area (Å²) < 4.78 is 16.4. The number of alkyl halides is 1. The predicted molar refractivity (Wildman–Crippen MR) is 27.7 cm³/mol. The summed E-state index contributed by atoms with van der Waals surface area (Å²) in [5.74, 6) is 0. The molecular formula is C5H9FO3. The Morgan fingerprint density at radius 2 is 2.22 bits per heavy atom. The third-order valence-corrected chi connectivity index (χ3v) is 1.41. The van der Waals surface area contributed by atoms with Crippen LogP contribution >= 0.6 is 0 Å². The lowest BCUT2D eigenvalue weighted by atomic mass is 10.2. The fourth-order valence-corrected chi connectivity index (χ4v) is 0.803. The smallest absolute Gasteiger partial charge is 0.118 e. The predicted octanol–water partition coefficient (Wildman–Crippen LogP) is -0.923. The summed E-state index contributed by atoms with van der Waals surface area (Å²) in [7, 11) is 0. The van der Waals surface area contributed by atoms with Crippen molar-refractivity contribution in [3.63, 3.8) is 0 Å². The van der Waals surface area contributed by atoms with Gasteiger partial charge in [-0.1, -0.05) is 0 Å². The van der Waals surface area contributed by atoms with E-state index in [2.05, 4.69) is 4.74 Å². The monoisotopic (exact) mass is 136 g/mol. The average Bonchev–Trinajstić information content (AvgIpc) is 2.15. The second-order valence-corrected chi connectivity index (χ2v) is 2.08. The molecule has 0 bridgehead atoms. The molecule has 0 aliphatic carbocycles. The summed E-state index contributed by atoms with van der Waals surface area (Å²) in [4.78, 5) is 0. The molecule has 0 amide bonds. The van der Waals surface area contributed by atoms with Crippen molar-refractivity contribution in [1.82, 2.24) is 0 Å². The van der Waals surface area contributed by atoms with Gasteiger partial charge in [0.05, 0.1) is 6.61 Å². The Balaban J connectivity index is 2.41. The molecule has 3 atom stereocenters. The Labute approximate surface area is 52.1 Å². The highest BCUT2D eigenvalue weighted by Crippen LogP contribution is 2.13. The molecule has 1 aliphatic heterocycles. The topological polar surface area (TPSA) is 49.7 Å². The van der Waals surface area contributed by atoms with Gasteiger partial charge >= 0.3 is 0 Å². The minimum Gasteiger partial charge on any atom is -0.388 e. The van der Waals surface area contributed by atoms with E-state index >= 15 is 0 Å². The Hall–Kier alpha value is -0.190. The van der Waals surface area contributed by atoms with E-state index in [1.807, 2.05) is 0 Å². The zero-order valence-corrected chi connectivity index (χ0v) is 4.83. The van der Waals surface area contributed by atoms with Gasteiger partial charge in [-0.25, -0.2) is 4.39 Å². The quantitative estimate of drug-likeness (QED) is 0.490. The van der Waals surface area contributed by atoms with Crippen LogP contribution in [0.2, 0.25) is 0 Å². The SMILES string of the molecule is OC1COC(CF)C1O. The fourth-order valence-electron chi connectivity index (χ4n) is 0.803. The Morgan fingerprint density at radius 3 is 2.44 bits per heavy atom. The van der Waals surface area contributed by atoms with E-state index in [0.29, 0.717) is 0 Å². The average molecular weight is 136 g/mol. The minimum atomic E-state index is -1.05. The van der Waals surface area contributed by atoms with E-state index in [1.54, 1.807) is 0 Å². The molecule has 9 heavy (non-hydrogen) atoms. The number of rotatable bonds is 1. The van der Waals surface area contributed by atoms with Crippen LogP contribution in [0.3, 0.4) is 0 Å². The van der Waals surface area contributed by atoms with Crippen molar-refractivity contribution in [1.29, 1.82) is 0 Å². The molecule has 0 saturated carbocycles. The van der Waals surface area contributed by atoms with Crippen LogP contribution in [0.15, 0.2) is 0 Å². The number of aliphatic hydroxyl groups excluding tert-OH is 2. The highest BCUT2D eigenvalue weighted by Gasteiger charge is 2.34. The molecule has 0 aromatic rings. The van der Waals surface area contributed by atoms with Gasteiger partial charge in [-0.3, -0.25) is 0 Å². The molecule has 3 unspecified atom stereocenters. The van der Waals surface area contributed by atoms with Crippen molar-refractivity contribution in [2.24, 2.45) is 0 Å². The van der Waals surface area contributed by atoms with E-state index in [-0.39, 0.29) is 6.61 Å². The molecule has 3 nitrogen and oxygen atoms in total. The Bertz CT molecular complexity index is 98.2. The van der Waals surface area contributed by atoms with Crippen LogP contribution in [-0.2, 0) is 4.74 Å². The van der Waals surface area contributed by atoms with Crippen LogP contribution in [0.4, 0.5) is 4.39 Å². The van der Waals surface area contributed by atoms with Gasteiger partial charge in [0.2, 0.25) is 0 Å². The van der Waals surface area contributed by atoms with Crippen LogP contribution in [0.5, 0.6) is 0 Å². The largest absolute Gasteiger partial charge is 0.388 e. The standard InChI is InChI=1S/C5H9FO3/c6-1-4-5(8)3(7)2-9-4/h3-5,7-8H,1-2H2. The molecule has 1 heterocycles. The van der Waals surface area contributed by atoms with Gasteiger partial charge in [-0.2, -0.15) is 0 Å². The molecular weight excluding hydrogens is 127 g/mol. The van der Waals surface area contributed by atoms with Gasteiger partial charge in [-0.05, 0) is 0 Å². The van der Waals surface area contributed by atoms with E-state index in [4.69, 9.17) is 10.2 Å². The van der Waals surface area contributed by atoms with Crippen molar-refractivity contribution in [3.05, 3.63) is 0 Å². The first-order chi connectivity index (χ1) is 4.25. The lowest BCUT2D eigenvalue weighted by Crippen LogP contribution is -2.30. The van der Waals surface area contributed by atoms with Crippen LogP contribution in [-0.4, -0.2) is 41.8 Å². The second kappa shape index (κ2) is 2.60. The van der Waals surface area contributed by atoms with Crippen LogP contribution < -0.4 is 0 Å². The minimum absolute atomic E-state index is 0.0375. The maximum atomic E-state index is 11.7. The molecule has 1 saturated heterocycles. The zero-order chi connectivity index (χ0) is 6.85.